The Labute approximate surface area is 116 Å². The Hall–Kier alpha value is -1.39. The number of nitrogens with zero attached hydrogens (tertiary/aromatic N) is 2. The van der Waals surface area contributed by atoms with Crippen molar-refractivity contribution in [1.82, 2.24) is 9.78 Å². The average molecular weight is 283 g/mol. The topological polar surface area (TPSA) is 38.0 Å². The first-order valence-electron chi connectivity index (χ1n) is 6.16. The highest BCUT2D eigenvalue weighted by atomic mass is 35.5. The van der Waals surface area contributed by atoms with E-state index < -0.39 is 11.9 Å². The molecule has 1 aromatic carbocycles. The molecule has 0 spiro atoms. The second kappa shape index (κ2) is 5.72. The van der Waals surface area contributed by atoms with Gasteiger partial charge in [-0.3, -0.25) is 4.68 Å². The van der Waals surface area contributed by atoms with Crippen molar-refractivity contribution in [3.63, 3.8) is 0 Å². The third-order valence-electron chi connectivity index (χ3n) is 3.11. The average Bonchev–Trinajstić information content (AvgIpc) is 2.70. The van der Waals surface area contributed by atoms with E-state index in [1.807, 2.05) is 20.0 Å². The molecule has 0 aliphatic rings. The molecule has 2 rings (SSSR count). The number of benzene rings is 1. The fourth-order valence-corrected chi connectivity index (χ4v) is 2.31. The standard InChI is InChI=1S/C14H16ClFN2O/c1-3-10-7-11(18(2)17-10)8-14(19)12-5-4-9(16)6-13(12)15/h4-7,14,19H,3,8H2,1-2H3. The Bertz CT molecular complexity index is 583. The molecular formula is C14H16ClFN2O. The number of aliphatic hydroxyl groups is 1. The molecule has 1 heterocycles. The van der Waals surface area contributed by atoms with Gasteiger partial charge in [-0.1, -0.05) is 24.6 Å². The summed E-state index contributed by atoms with van der Waals surface area (Å²) in [5, 5.41) is 14.8. The number of aliphatic hydroxyl groups excluding tert-OH is 1. The second-order valence-electron chi connectivity index (χ2n) is 4.49. The number of halogens is 2. The van der Waals surface area contributed by atoms with E-state index in [9.17, 15) is 9.50 Å². The van der Waals surface area contributed by atoms with Gasteiger partial charge in [0.05, 0.1) is 11.8 Å². The molecule has 0 aliphatic carbocycles. The van der Waals surface area contributed by atoms with Gasteiger partial charge in [-0.15, -0.1) is 0 Å². The van der Waals surface area contributed by atoms with Crippen LogP contribution in [0.3, 0.4) is 0 Å². The van der Waals surface area contributed by atoms with Crippen LogP contribution < -0.4 is 0 Å². The fraction of sp³-hybridized carbons (Fsp3) is 0.357. The summed E-state index contributed by atoms with van der Waals surface area (Å²) >= 11 is 5.94. The Morgan fingerprint density at radius 2 is 2.16 bits per heavy atom. The number of aromatic nitrogens is 2. The predicted octanol–water partition coefficient (Wildman–Crippen LogP) is 3.05. The van der Waals surface area contributed by atoms with Crippen molar-refractivity contribution in [1.29, 1.82) is 0 Å². The Morgan fingerprint density at radius 1 is 1.42 bits per heavy atom. The van der Waals surface area contributed by atoms with Gasteiger partial charge < -0.3 is 5.11 Å². The molecule has 0 bridgehead atoms. The zero-order valence-electron chi connectivity index (χ0n) is 10.9. The van der Waals surface area contributed by atoms with Gasteiger partial charge in [0, 0.05) is 24.2 Å². The molecule has 19 heavy (non-hydrogen) atoms. The minimum absolute atomic E-state index is 0.241. The fourth-order valence-electron chi connectivity index (χ4n) is 2.02. The summed E-state index contributed by atoms with van der Waals surface area (Å²) in [6.45, 7) is 2.03. The van der Waals surface area contributed by atoms with E-state index in [1.165, 1.54) is 18.2 Å². The van der Waals surface area contributed by atoms with Crippen molar-refractivity contribution in [2.45, 2.75) is 25.9 Å². The van der Waals surface area contributed by atoms with Crippen LogP contribution >= 0.6 is 11.6 Å². The molecule has 102 valence electrons. The number of aryl methyl sites for hydroxylation is 2. The highest BCUT2D eigenvalue weighted by molar-refractivity contribution is 6.31. The van der Waals surface area contributed by atoms with E-state index in [1.54, 1.807) is 4.68 Å². The zero-order chi connectivity index (χ0) is 14.0. The molecule has 1 atom stereocenters. The largest absolute Gasteiger partial charge is 0.388 e. The minimum Gasteiger partial charge on any atom is -0.388 e. The Morgan fingerprint density at radius 3 is 2.74 bits per heavy atom. The van der Waals surface area contributed by atoms with Crippen LogP contribution in [0.5, 0.6) is 0 Å². The summed E-state index contributed by atoms with van der Waals surface area (Å²) in [6.07, 6.45) is 0.476. The molecule has 0 saturated heterocycles. The summed E-state index contributed by atoms with van der Waals surface area (Å²) in [7, 11) is 1.84. The summed E-state index contributed by atoms with van der Waals surface area (Å²) < 4.78 is 14.7. The van der Waals surface area contributed by atoms with Crippen LogP contribution in [0.25, 0.3) is 0 Å². The maximum atomic E-state index is 13.0. The molecule has 1 aromatic heterocycles. The zero-order valence-corrected chi connectivity index (χ0v) is 11.7. The molecule has 0 radical (unpaired) electrons. The van der Waals surface area contributed by atoms with Crippen LogP contribution in [0.2, 0.25) is 5.02 Å². The van der Waals surface area contributed by atoms with E-state index in [2.05, 4.69) is 5.10 Å². The molecule has 5 heteroatoms. The molecule has 1 N–H and O–H groups in total. The van der Waals surface area contributed by atoms with Crippen LogP contribution in [-0.4, -0.2) is 14.9 Å². The van der Waals surface area contributed by atoms with E-state index >= 15 is 0 Å². The summed E-state index contributed by atoms with van der Waals surface area (Å²) in [5.74, 6) is -0.408. The first-order valence-corrected chi connectivity index (χ1v) is 6.54. The quantitative estimate of drug-likeness (QED) is 0.936. The lowest BCUT2D eigenvalue weighted by atomic mass is 10.0. The van der Waals surface area contributed by atoms with Gasteiger partial charge in [-0.05, 0) is 30.2 Å². The van der Waals surface area contributed by atoms with E-state index in [0.29, 0.717) is 12.0 Å². The van der Waals surface area contributed by atoms with Gasteiger partial charge in [0.15, 0.2) is 0 Å². The van der Waals surface area contributed by atoms with Gasteiger partial charge >= 0.3 is 0 Å². The first-order chi connectivity index (χ1) is 9.01. The third kappa shape index (κ3) is 3.14. The molecule has 0 aliphatic heterocycles. The molecule has 0 amide bonds. The van der Waals surface area contributed by atoms with E-state index in [0.717, 1.165) is 17.8 Å². The van der Waals surface area contributed by atoms with Gasteiger partial charge in [0.25, 0.3) is 0 Å². The van der Waals surface area contributed by atoms with Crippen molar-refractivity contribution in [2.75, 3.05) is 0 Å². The molecular weight excluding hydrogens is 267 g/mol. The van der Waals surface area contributed by atoms with Crippen molar-refractivity contribution >= 4 is 11.6 Å². The first kappa shape index (κ1) is 14.0. The number of hydrogen-bond donors (Lipinski definition) is 1. The highest BCUT2D eigenvalue weighted by Crippen LogP contribution is 2.26. The van der Waals surface area contributed by atoms with Crippen molar-refractivity contribution in [2.24, 2.45) is 7.05 Å². The van der Waals surface area contributed by atoms with Crippen molar-refractivity contribution in [3.05, 3.63) is 52.1 Å². The van der Waals surface area contributed by atoms with Crippen LogP contribution in [0.4, 0.5) is 4.39 Å². The Balaban J connectivity index is 2.20. The minimum atomic E-state index is -0.770. The van der Waals surface area contributed by atoms with Crippen LogP contribution in [0.1, 0.15) is 30.0 Å². The number of hydrogen-bond acceptors (Lipinski definition) is 2. The molecule has 1 unspecified atom stereocenters. The lowest BCUT2D eigenvalue weighted by Crippen LogP contribution is -2.07. The van der Waals surface area contributed by atoms with Gasteiger partial charge in [0.1, 0.15) is 5.82 Å². The van der Waals surface area contributed by atoms with Crippen LogP contribution in [0, 0.1) is 5.82 Å². The molecule has 3 nitrogen and oxygen atoms in total. The third-order valence-corrected chi connectivity index (χ3v) is 3.44. The van der Waals surface area contributed by atoms with Crippen LogP contribution in [-0.2, 0) is 19.9 Å². The van der Waals surface area contributed by atoms with Gasteiger partial charge in [0.2, 0.25) is 0 Å². The summed E-state index contributed by atoms with van der Waals surface area (Å²) in [6, 6.07) is 5.98. The summed E-state index contributed by atoms with van der Waals surface area (Å²) in [5.41, 5.74) is 2.43. The maximum absolute atomic E-state index is 13.0. The van der Waals surface area contributed by atoms with Crippen molar-refractivity contribution < 1.29 is 9.50 Å². The SMILES string of the molecule is CCc1cc(CC(O)c2ccc(F)cc2Cl)n(C)n1. The summed E-state index contributed by atoms with van der Waals surface area (Å²) in [4.78, 5) is 0. The predicted molar refractivity (Wildman–Crippen MR) is 72.7 cm³/mol. The van der Waals surface area contributed by atoms with E-state index in [4.69, 9.17) is 11.6 Å². The van der Waals surface area contributed by atoms with E-state index in [-0.39, 0.29) is 5.02 Å². The smallest absolute Gasteiger partial charge is 0.124 e. The Kier molecular flexibility index (Phi) is 4.22. The normalized spacial score (nSPS) is 12.7. The molecule has 2 aromatic rings. The lowest BCUT2D eigenvalue weighted by molar-refractivity contribution is 0.176. The highest BCUT2D eigenvalue weighted by Gasteiger charge is 2.15. The second-order valence-corrected chi connectivity index (χ2v) is 4.90. The van der Waals surface area contributed by atoms with Gasteiger partial charge in [-0.25, -0.2) is 4.39 Å². The number of rotatable bonds is 4. The lowest BCUT2D eigenvalue weighted by Gasteiger charge is -2.12. The van der Waals surface area contributed by atoms with Crippen molar-refractivity contribution in [3.8, 4) is 0 Å². The monoisotopic (exact) mass is 282 g/mol. The maximum Gasteiger partial charge on any atom is 0.124 e. The van der Waals surface area contributed by atoms with Crippen LogP contribution in [0.15, 0.2) is 24.3 Å². The molecule has 0 fully saturated rings. The molecule has 0 saturated carbocycles. The van der Waals surface area contributed by atoms with Gasteiger partial charge in [-0.2, -0.15) is 5.10 Å².